The van der Waals surface area contributed by atoms with Crippen molar-refractivity contribution in [2.75, 3.05) is 20.2 Å². The fraction of sp³-hybridized carbons (Fsp3) is 0.533. The second-order valence-corrected chi connectivity index (χ2v) is 5.28. The number of halogens is 2. The summed E-state index contributed by atoms with van der Waals surface area (Å²) in [5, 5.41) is 11.8. The number of hydrogen-bond donors (Lipinski definition) is 2. The van der Waals surface area contributed by atoms with E-state index in [0.717, 1.165) is 30.4 Å². The Morgan fingerprint density at radius 2 is 2.32 bits per heavy atom. The lowest BCUT2D eigenvalue weighted by Gasteiger charge is -2.28. The van der Waals surface area contributed by atoms with E-state index in [2.05, 4.69) is 10.1 Å². The van der Waals surface area contributed by atoms with Crippen molar-refractivity contribution in [3.05, 3.63) is 29.3 Å². The molecule has 0 heterocycles. The average molecular weight is 314 g/mol. The molecule has 0 bridgehead atoms. The molecule has 1 unspecified atom stereocenters. The number of aliphatic hydroxyl groups excluding tert-OH is 1. The monoisotopic (exact) mass is 314 g/mol. The molecule has 122 valence electrons. The van der Waals surface area contributed by atoms with Crippen LogP contribution in [0, 0.1) is 0 Å². The van der Waals surface area contributed by atoms with E-state index in [1.54, 1.807) is 19.2 Å². The lowest BCUT2D eigenvalue weighted by atomic mass is 9.87. The van der Waals surface area contributed by atoms with Crippen LogP contribution < -0.4 is 10.1 Å². The number of alkyl halides is 2. The maximum absolute atomic E-state index is 12.3. The standard InChI is InChI=1S/C15H20F2N2O3/c1-19(7-8-20)15(21)18-13-4-2-3-10-9-11(22-14(16)17)5-6-12(10)13/h5-6,9,13-14,20H,2-4,7-8H2,1H3,(H,18,21). The summed E-state index contributed by atoms with van der Waals surface area (Å²) in [4.78, 5) is 13.4. The van der Waals surface area contributed by atoms with E-state index in [9.17, 15) is 13.6 Å². The summed E-state index contributed by atoms with van der Waals surface area (Å²) < 4.78 is 28.9. The van der Waals surface area contributed by atoms with Gasteiger partial charge in [-0.2, -0.15) is 8.78 Å². The Bertz CT molecular complexity index is 526. The predicted octanol–water partition coefficient (Wildman–Crippen LogP) is 2.30. The third-order valence-electron chi connectivity index (χ3n) is 3.73. The van der Waals surface area contributed by atoms with Crippen LogP contribution in [0.15, 0.2) is 18.2 Å². The number of urea groups is 1. The molecule has 1 aromatic carbocycles. The van der Waals surface area contributed by atoms with E-state index in [1.807, 2.05) is 0 Å². The van der Waals surface area contributed by atoms with Crippen molar-refractivity contribution < 1.29 is 23.4 Å². The Kier molecular flexibility index (Phi) is 5.54. The predicted molar refractivity (Wildman–Crippen MR) is 77.0 cm³/mol. The molecule has 5 nitrogen and oxygen atoms in total. The highest BCUT2D eigenvalue weighted by Crippen LogP contribution is 2.32. The molecule has 0 spiro atoms. The molecule has 0 saturated heterocycles. The Labute approximate surface area is 127 Å². The first-order valence-corrected chi connectivity index (χ1v) is 7.21. The second-order valence-electron chi connectivity index (χ2n) is 5.28. The molecule has 1 aliphatic rings. The van der Waals surface area contributed by atoms with Gasteiger partial charge in [-0.05, 0) is 42.5 Å². The molecule has 1 atom stereocenters. The van der Waals surface area contributed by atoms with Crippen LogP contribution in [0.25, 0.3) is 0 Å². The number of nitrogens with zero attached hydrogens (tertiary/aromatic N) is 1. The summed E-state index contributed by atoms with van der Waals surface area (Å²) >= 11 is 0. The summed E-state index contributed by atoms with van der Waals surface area (Å²) in [6.07, 6.45) is 2.43. The molecule has 0 radical (unpaired) electrons. The van der Waals surface area contributed by atoms with Gasteiger partial charge in [-0.25, -0.2) is 4.79 Å². The van der Waals surface area contributed by atoms with E-state index in [4.69, 9.17) is 5.11 Å². The van der Waals surface area contributed by atoms with Gasteiger partial charge in [-0.1, -0.05) is 6.07 Å². The van der Waals surface area contributed by atoms with Gasteiger partial charge in [0.1, 0.15) is 5.75 Å². The Balaban J connectivity index is 2.10. The molecule has 1 aromatic rings. The van der Waals surface area contributed by atoms with Gasteiger partial charge < -0.3 is 20.1 Å². The van der Waals surface area contributed by atoms with Crippen LogP contribution in [0.3, 0.4) is 0 Å². The quantitative estimate of drug-likeness (QED) is 0.876. The summed E-state index contributed by atoms with van der Waals surface area (Å²) in [5.74, 6) is 0.137. The summed E-state index contributed by atoms with van der Waals surface area (Å²) in [5.41, 5.74) is 1.85. The summed E-state index contributed by atoms with van der Waals surface area (Å²) in [6.45, 7) is -2.68. The van der Waals surface area contributed by atoms with Crippen LogP contribution in [0.4, 0.5) is 13.6 Å². The number of carbonyl (C=O) groups is 1. The van der Waals surface area contributed by atoms with Crippen LogP contribution in [0.1, 0.15) is 30.0 Å². The minimum absolute atomic E-state index is 0.0977. The number of hydrogen-bond acceptors (Lipinski definition) is 3. The van der Waals surface area contributed by atoms with Gasteiger partial charge in [-0.3, -0.25) is 0 Å². The van der Waals surface area contributed by atoms with E-state index < -0.39 is 6.61 Å². The lowest BCUT2D eigenvalue weighted by Crippen LogP contribution is -2.41. The highest BCUT2D eigenvalue weighted by Gasteiger charge is 2.23. The number of likely N-dealkylation sites (N-methyl/N-ethyl adjacent to an activating group) is 1. The first kappa shape index (κ1) is 16.5. The van der Waals surface area contributed by atoms with Crippen LogP contribution in [-0.4, -0.2) is 42.8 Å². The van der Waals surface area contributed by atoms with Crippen molar-refractivity contribution in [3.8, 4) is 5.75 Å². The number of amides is 2. The molecule has 0 saturated carbocycles. The molecule has 0 fully saturated rings. The normalized spacial score (nSPS) is 17.0. The first-order valence-electron chi connectivity index (χ1n) is 7.21. The third-order valence-corrected chi connectivity index (χ3v) is 3.73. The van der Waals surface area contributed by atoms with Crippen molar-refractivity contribution in [2.45, 2.75) is 31.9 Å². The van der Waals surface area contributed by atoms with Gasteiger partial charge in [-0.15, -0.1) is 0 Å². The molecule has 22 heavy (non-hydrogen) atoms. The van der Waals surface area contributed by atoms with Gasteiger partial charge in [0.25, 0.3) is 0 Å². The van der Waals surface area contributed by atoms with Crippen LogP contribution >= 0.6 is 0 Å². The van der Waals surface area contributed by atoms with E-state index in [-0.39, 0.29) is 31.0 Å². The smallest absolute Gasteiger partial charge is 0.387 e. The molecule has 0 aliphatic heterocycles. The molecule has 1 aliphatic carbocycles. The second kappa shape index (κ2) is 7.40. The van der Waals surface area contributed by atoms with Crippen molar-refractivity contribution >= 4 is 6.03 Å². The number of fused-ring (bicyclic) bond motifs is 1. The zero-order chi connectivity index (χ0) is 16.1. The summed E-state index contributed by atoms with van der Waals surface area (Å²) in [6, 6.07) is 4.41. The molecular formula is C15H20F2N2O3. The zero-order valence-corrected chi connectivity index (χ0v) is 12.4. The van der Waals surface area contributed by atoms with Crippen LogP contribution in [0.5, 0.6) is 5.75 Å². The number of ether oxygens (including phenoxy) is 1. The highest BCUT2D eigenvalue weighted by molar-refractivity contribution is 5.74. The average Bonchev–Trinajstić information content (AvgIpc) is 2.46. The maximum Gasteiger partial charge on any atom is 0.387 e. The zero-order valence-electron chi connectivity index (χ0n) is 12.4. The first-order chi connectivity index (χ1) is 10.5. The molecule has 7 heteroatoms. The largest absolute Gasteiger partial charge is 0.435 e. The fourth-order valence-corrected chi connectivity index (χ4v) is 2.63. The minimum Gasteiger partial charge on any atom is -0.435 e. The third kappa shape index (κ3) is 4.07. The van der Waals surface area contributed by atoms with Gasteiger partial charge >= 0.3 is 12.6 Å². The SMILES string of the molecule is CN(CCO)C(=O)NC1CCCc2cc(OC(F)F)ccc21. The fourth-order valence-electron chi connectivity index (χ4n) is 2.63. The van der Waals surface area contributed by atoms with Crippen LogP contribution in [0.2, 0.25) is 0 Å². The molecule has 2 rings (SSSR count). The van der Waals surface area contributed by atoms with Crippen molar-refractivity contribution in [1.29, 1.82) is 0 Å². The Morgan fingerprint density at radius 3 is 3.00 bits per heavy atom. The number of aryl methyl sites for hydroxylation is 1. The van der Waals surface area contributed by atoms with Gasteiger partial charge in [0.2, 0.25) is 0 Å². The van der Waals surface area contributed by atoms with Crippen molar-refractivity contribution in [3.63, 3.8) is 0 Å². The van der Waals surface area contributed by atoms with E-state index in [1.165, 1.54) is 11.0 Å². The van der Waals surface area contributed by atoms with Gasteiger partial charge in [0.05, 0.1) is 12.6 Å². The highest BCUT2D eigenvalue weighted by atomic mass is 19.3. The lowest BCUT2D eigenvalue weighted by molar-refractivity contribution is -0.0499. The van der Waals surface area contributed by atoms with Crippen LogP contribution in [-0.2, 0) is 6.42 Å². The van der Waals surface area contributed by atoms with E-state index >= 15 is 0 Å². The number of nitrogens with one attached hydrogen (secondary N) is 1. The number of benzene rings is 1. The molecular weight excluding hydrogens is 294 g/mol. The van der Waals surface area contributed by atoms with E-state index in [0.29, 0.717) is 0 Å². The van der Waals surface area contributed by atoms with Gasteiger partial charge in [0, 0.05) is 13.6 Å². The number of carbonyl (C=O) groups excluding carboxylic acids is 1. The molecule has 2 amide bonds. The molecule has 0 aromatic heterocycles. The maximum atomic E-state index is 12.3. The topological polar surface area (TPSA) is 61.8 Å². The van der Waals surface area contributed by atoms with Crippen molar-refractivity contribution in [1.82, 2.24) is 10.2 Å². The Morgan fingerprint density at radius 1 is 1.55 bits per heavy atom. The van der Waals surface area contributed by atoms with Gasteiger partial charge in [0.15, 0.2) is 0 Å². The number of aliphatic hydroxyl groups is 1. The summed E-state index contributed by atoms with van der Waals surface area (Å²) in [7, 11) is 1.61. The minimum atomic E-state index is -2.84. The van der Waals surface area contributed by atoms with Crippen molar-refractivity contribution in [2.24, 2.45) is 0 Å². The molecule has 2 N–H and O–H groups in total. The number of rotatable bonds is 5. The Hall–Kier alpha value is -1.89.